The Morgan fingerprint density at radius 2 is 0.477 bits per heavy atom. The molecule has 2 N–H and O–H groups in total. The van der Waals surface area contributed by atoms with Crippen molar-refractivity contribution in [3.63, 3.8) is 0 Å². The smallest absolute Gasteiger partial charge is 0.0761 e. The fraction of sp³-hybridized carbons (Fsp3) is 0.286. The van der Waals surface area contributed by atoms with Crippen LogP contribution < -0.4 is 0 Å². The SMILES string of the molecule is CC.CC.Cc1ccc(-c2ccc(C(C)O)cc2)cc1.Cc1ccc(-c2ccc(C(C)O)cc2)cc1.Cc1ccc(C)cc1. The van der Waals surface area contributed by atoms with Crippen molar-refractivity contribution in [3.05, 3.63) is 155 Å². The summed E-state index contributed by atoms with van der Waals surface area (Å²) >= 11 is 0. The van der Waals surface area contributed by atoms with E-state index in [0.717, 1.165) is 11.1 Å². The molecule has 0 saturated heterocycles. The highest BCUT2D eigenvalue weighted by molar-refractivity contribution is 5.64. The molecule has 0 spiro atoms. The van der Waals surface area contributed by atoms with Gasteiger partial charge in [-0.3, -0.25) is 0 Å². The maximum Gasteiger partial charge on any atom is 0.0761 e. The Morgan fingerprint density at radius 1 is 0.318 bits per heavy atom. The van der Waals surface area contributed by atoms with Crippen molar-refractivity contribution in [2.24, 2.45) is 0 Å². The Hall–Kier alpha value is -3.98. The summed E-state index contributed by atoms with van der Waals surface area (Å²) in [6.07, 6.45) is -0.792. The third kappa shape index (κ3) is 13.5. The summed E-state index contributed by atoms with van der Waals surface area (Å²) in [6.45, 7) is 19.9. The maximum atomic E-state index is 9.42. The molecule has 0 aliphatic rings. The van der Waals surface area contributed by atoms with Crippen LogP contribution in [0, 0.1) is 27.7 Å². The van der Waals surface area contributed by atoms with Crippen molar-refractivity contribution in [1.29, 1.82) is 0 Å². The molecule has 0 aliphatic carbocycles. The van der Waals surface area contributed by atoms with Crippen LogP contribution in [0.15, 0.2) is 121 Å². The van der Waals surface area contributed by atoms with E-state index in [2.05, 4.69) is 100 Å². The summed E-state index contributed by atoms with van der Waals surface area (Å²) in [5, 5.41) is 18.8. The molecule has 2 atom stereocenters. The zero-order valence-electron chi connectivity index (χ0n) is 28.6. The first-order valence-electron chi connectivity index (χ1n) is 15.9. The van der Waals surface area contributed by atoms with Crippen LogP contribution in [0.5, 0.6) is 0 Å². The van der Waals surface area contributed by atoms with Crippen molar-refractivity contribution < 1.29 is 10.2 Å². The fourth-order valence-electron chi connectivity index (χ4n) is 4.04. The van der Waals surface area contributed by atoms with Crippen molar-refractivity contribution in [2.75, 3.05) is 0 Å². The lowest BCUT2D eigenvalue weighted by molar-refractivity contribution is 0.199. The molecule has 0 radical (unpaired) electrons. The Bertz CT molecular complexity index is 1300. The van der Waals surface area contributed by atoms with Crippen molar-refractivity contribution in [2.45, 2.75) is 81.4 Å². The third-order valence-electron chi connectivity index (χ3n) is 6.77. The summed E-state index contributed by atoms with van der Waals surface area (Å²) < 4.78 is 0. The number of rotatable bonds is 4. The summed E-state index contributed by atoms with van der Waals surface area (Å²) in [6, 6.07) is 41.5. The van der Waals surface area contributed by atoms with E-state index in [1.54, 1.807) is 13.8 Å². The highest BCUT2D eigenvalue weighted by Crippen LogP contribution is 2.23. The average Bonchev–Trinajstić information content (AvgIpc) is 3.06. The summed E-state index contributed by atoms with van der Waals surface area (Å²) in [5.41, 5.74) is 11.9. The van der Waals surface area contributed by atoms with Crippen LogP contribution in [0.4, 0.5) is 0 Å². The Kier molecular flexibility index (Phi) is 18.0. The third-order valence-corrected chi connectivity index (χ3v) is 6.77. The van der Waals surface area contributed by atoms with Crippen LogP contribution in [0.25, 0.3) is 22.3 Å². The molecule has 44 heavy (non-hydrogen) atoms. The molecule has 0 saturated carbocycles. The van der Waals surface area contributed by atoms with E-state index in [9.17, 15) is 10.2 Å². The average molecular weight is 591 g/mol. The largest absolute Gasteiger partial charge is 0.389 e. The first-order chi connectivity index (χ1) is 21.1. The summed E-state index contributed by atoms with van der Waals surface area (Å²) in [4.78, 5) is 0. The van der Waals surface area contributed by atoms with Gasteiger partial charge in [0.25, 0.3) is 0 Å². The normalized spacial score (nSPS) is 11.0. The standard InChI is InChI=1S/2C15H16O.C8H10.2C2H6/c2*1-11-3-5-14(6-4-11)15-9-7-13(8-10-15)12(2)16;1-7-3-5-8(2)6-4-7;2*1-2/h2*3-10,12,16H,1-2H3;3-6H,1-2H3;2*1-2H3. The highest BCUT2D eigenvalue weighted by Gasteiger charge is 2.02. The number of aliphatic hydroxyl groups is 2. The Morgan fingerprint density at radius 3 is 0.659 bits per heavy atom. The summed E-state index contributed by atoms with van der Waals surface area (Å²) in [5.74, 6) is 0. The summed E-state index contributed by atoms with van der Waals surface area (Å²) in [7, 11) is 0. The molecule has 2 heteroatoms. The quantitative estimate of drug-likeness (QED) is 0.219. The van der Waals surface area contributed by atoms with Gasteiger partial charge in [-0.15, -0.1) is 0 Å². The molecule has 2 unspecified atom stereocenters. The second-order valence-corrected chi connectivity index (χ2v) is 10.5. The molecule has 2 nitrogen and oxygen atoms in total. The first kappa shape index (κ1) is 38.0. The van der Waals surface area contributed by atoms with Crippen LogP contribution in [0.1, 0.15) is 87.1 Å². The molecule has 234 valence electrons. The van der Waals surface area contributed by atoms with Gasteiger partial charge in [0.15, 0.2) is 0 Å². The lowest BCUT2D eigenvalue weighted by Crippen LogP contribution is -1.89. The molecular formula is C42H54O2. The van der Waals surface area contributed by atoms with Gasteiger partial charge in [-0.2, -0.15) is 0 Å². The van der Waals surface area contributed by atoms with Crippen LogP contribution in [0.2, 0.25) is 0 Å². The second-order valence-electron chi connectivity index (χ2n) is 10.5. The van der Waals surface area contributed by atoms with E-state index < -0.39 is 12.2 Å². The minimum Gasteiger partial charge on any atom is -0.389 e. The van der Waals surface area contributed by atoms with E-state index >= 15 is 0 Å². The monoisotopic (exact) mass is 590 g/mol. The molecule has 0 fully saturated rings. The van der Waals surface area contributed by atoms with E-state index in [1.807, 2.05) is 76.2 Å². The van der Waals surface area contributed by atoms with Gasteiger partial charge in [-0.05, 0) is 74.9 Å². The lowest BCUT2D eigenvalue weighted by atomic mass is 10.0. The van der Waals surface area contributed by atoms with Gasteiger partial charge in [-0.25, -0.2) is 0 Å². The molecule has 0 amide bonds. The number of hydrogen-bond donors (Lipinski definition) is 2. The van der Waals surface area contributed by atoms with E-state index in [4.69, 9.17) is 0 Å². The van der Waals surface area contributed by atoms with Gasteiger partial charge in [0.1, 0.15) is 0 Å². The molecule has 5 aromatic carbocycles. The van der Waals surface area contributed by atoms with Crippen molar-refractivity contribution in [1.82, 2.24) is 0 Å². The topological polar surface area (TPSA) is 40.5 Å². The zero-order chi connectivity index (χ0) is 33.1. The molecular weight excluding hydrogens is 536 g/mol. The van der Waals surface area contributed by atoms with E-state index in [1.165, 1.54) is 44.5 Å². The maximum absolute atomic E-state index is 9.42. The van der Waals surface area contributed by atoms with Gasteiger partial charge in [0, 0.05) is 0 Å². The molecule has 5 rings (SSSR count). The molecule has 0 bridgehead atoms. The minimum atomic E-state index is -0.396. The predicted molar refractivity (Wildman–Crippen MR) is 193 cm³/mol. The van der Waals surface area contributed by atoms with E-state index in [0.29, 0.717) is 0 Å². The van der Waals surface area contributed by atoms with Gasteiger partial charge >= 0.3 is 0 Å². The molecule has 0 aliphatic heterocycles. The molecule has 0 aromatic heterocycles. The number of hydrogen-bond acceptors (Lipinski definition) is 2. The van der Waals surface area contributed by atoms with Crippen molar-refractivity contribution in [3.8, 4) is 22.3 Å². The molecule has 0 heterocycles. The zero-order valence-corrected chi connectivity index (χ0v) is 28.6. The van der Waals surface area contributed by atoms with E-state index in [-0.39, 0.29) is 0 Å². The van der Waals surface area contributed by atoms with Gasteiger partial charge in [-0.1, -0.05) is 171 Å². The second kappa shape index (κ2) is 20.8. The predicted octanol–water partition coefficient (Wildman–Crippen LogP) is 11.8. The van der Waals surface area contributed by atoms with Crippen LogP contribution >= 0.6 is 0 Å². The number of aryl methyl sites for hydroxylation is 4. The van der Waals surface area contributed by atoms with Gasteiger partial charge in [0.2, 0.25) is 0 Å². The van der Waals surface area contributed by atoms with Crippen LogP contribution in [0.3, 0.4) is 0 Å². The number of benzene rings is 5. The van der Waals surface area contributed by atoms with Gasteiger partial charge < -0.3 is 10.2 Å². The highest BCUT2D eigenvalue weighted by atomic mass is 16.3. The number of aliphatic hydroxyl groups excluding tert-OH is 2. The van der Waals surface area contributed by atoms with Gasteiger partial charge in [0.05, 0.1) is 12.2 Å². The van der Waals surface area contributed by atoms with Crippen LogP contribution in [-0.2, 0) is 0 Å². The minimum absolute atomic E-state index is 0.396. The molecule has 5 aromatic rings. The Balaban J connectivity index is 0.000000327. The van der Waals surface area contributed by atoms with Crippen molar-refractivity contribution >= 4 is 0 Å². The Labute approximate surface area is 268 Å². The lowest BCUT2D eigenvalue weighted by Gasteiger charge is -2.06. The van der Waals surface area contributed by atoms with Crippen LogP contribution in [-0.4, -0.2) is 10.2 Å². The first-order valence-corrected chi connectivity index (χ1v) is 15.9. The fourth-order valence-corrected chi connectivity index (χ4v) is 4.04.